The molecule has 0 radical (unpaired) electrons. The molecule has 2 amide bonds. The van der Waals surface area contributed by atoms with Crippen LogP contribution in [0, 0.1) is 17.8 Å². The van der Waals surface area contributed by atoms with Gasteiger partial charge in [-0.05, 0) is 46.9 Å². The van der Waals surface area contributed by atoms with E-state index in [1.54, 1.807) is 24.3 Å². The summed E-state index contributed by atoms with van der Waals surface area (Å²) in [5.74, 6) is -3.66. The number of para-hydroxylation sites is 1. The third-order valence-corrected chi connectivity index (χ3v) is 6.91. The number of rotatable bonds is 5. The van der Waals surface area contributed by atoms with Gasteiger partial charge >= 0.3 is 5.97 Å². The molecule has 3 aromatic carbocycles. The highest BCUT2D eigenvalue weighted by molar-refractivity contribution is 6.24. The third-order valence-electron chi connectivity index (χ3n) is 6.91. The first-order valence-corrected chi connectivity index (χ1v) is 11.3. The number of hydrogen-bond donors (Lipinski definition) is 2. The van der Waals surface area contributed by atoms with Crippen LogP contribution in [0.15, 0.2) is 72.8 Å². The van der Waals surface area contributed by atoms with Gasteiger partial charge in [0.1, 0.15) is 5.54 Å². The van der Waals surface area contributed by atoms with Gasteiger partial charge in [-0.3, -0.25) is 19.7 Å². The van der Waals surface area contributed by atoms with Crippen LogP contribution in [0.2, 0.25) is 0 Å². The SMILES string of the molecule is CC(C)CC1(C(=O)O)NC(c2ccc3ccccc3c2)C2C(=O)N(c3ccccc3)C(=O)C21. The molecule has 5 rings (SSSR count). The Balaban J connectivity index is 1.67. The molecule has 2 heterocycles. The summed E-state index contributed by atoms with van der Waals surface area (Å²) in [4.78, 5) is 41.3. The number of carboxylic acids is 1. The normalized spacial score (nSPS) is 26.9. The Bertz CT molecular complexity index is 1260. The van der Waals surface area contributed by atoms with Gasteiger partial charge in [-0.25, -0.2) is 4.90 Å². The van der Waals surface area contributed by atoms with E-state index in [1.807, 2.05) is 62.4 Å². The van der Waals surface area contributed by atoms with Crippen LogP contribution in [-0.4, -0.2) is 28.4 Å². The average molecular weight is 443 g/mol. The fourth-order valence-corrected chi connectivity index (χ4v) is 5.64. The van der Waals surface area contributed by atoms with Crippen LogP contribution < -0.4 is 10.2 Å². The summed E-state index contributed by atoms with van der Waals surface area (Å²) >= 11 is 0. The Hall–Kier alpha value is -3.51. The van der Waals surface area contributed by atoms with Crippen molar-refractivity contribution in [2.24, 2.45) is 17.8 Å². The van der Waals surface area contributed by atoms with Gasteiger partial charge in [-0.1, -0.05) is 68.4 Å². The van der Waals surface area contributed by atoms with Crippen LogP contribution in [0.1, 0.15) is 31.9 Å². The molecule has 2 aliphatic rings. The van der Waals surface area contributed by atoms with Crippen molar-refractivity contribution >= 4 is 34.2 Å². The lowest BCUT2D eigenvalue weighted by Crippen LogP contribution is -2.56. The molecule has 0 aliphatic carbocycles. The number of anilines is 1. The van der Waals surface area contributed by atoms with Gasteiger partial charge < -0.3 is 5.11 Å². The van der Waals surface area contributed by atoms with Crippen molar-refractivity contribution in [3.8, 4) is 0 Å². The number of nitrogens with one attached hydrogen (secondary N) is 1. The number of amides is 2. The van der Waals surface area contributed by atoms with Crippen LogP contribution in [0.5, 0.6) is 0 Å². The Morgan fingerprint density at radius 3 is 2.30 bits per heavy atom. The summed E-state index contributed by atoms with van der Waals surface area (Å²) in [7, 11) is 0. The largest absolute Gasteiger partial charge is 0.480 e. The van der Waals surface area contributed by atoms with E-state index in [2.05, 4.69) is 5.32 Å². The lowest BCUT2D eigenvalue weighted by Gasteiger charge is -2.32. The van der Waals surface area contributed by atoms with Gasteiger partial charge in [0, 0.05) is 6.04 Å². The molecule has 0 bridgehead atoms. The van der Waals surface area contributed by atoms with Crippen LogP contribution in [-0.2, 0) is 14.4 Å². The molecule has 4 atom stereocenters. The minimum absolute atomic E-state index is 0.0123. The third kappa shape index (κ3) is 3.25. The Labute approximate surface area is 192 Å². The summed E-state index contributed by atoms with van der Waals surface area (Å²) in [6.07, 6.45) is 0.245. The van der Waals surface area contributed by atoms with E-state index in [-0.39, 0.29) is 18.2 Å². The molecule has 2 fully saturated rings. The van der Waals surface area contributed by atoms with Gasteiger partial charge in [0.05, 0.1) is 17.5 Å². The average Bonchev–Trinajstić information content (AvgIpc) is 3.28. The number of hydrogen-bond acceptors (Lipinski definition) is 4. The number of aliphatic carboxylic acids is 1. The highest BCUT2D eigenvalue weighted by atomic mass is 16.4. The van der Waals surface area contributed by atoms with E-state index in [1.165, 1.54) is 4.90 Å². The fourth-order valence-electron chi connectivity index (χ4n) is 5.64. The fraction of sp³-hybridized carbons (Fsp3) is 0.296. The van der Waals surface area contributed by atoms with E-state index in [0.717, 1.165) is 16.3 Å². The van der Waals surface area contributed by atoms with Crippen LogP contribution in [0.25, 0.3) is 10.8 Å². The van der Waals surface area contributed by atoms with Gasteiger partial charge in [0.15, 0.2) is 0 Å². The molecule has 0 saturated carbocycles. The van der Waals surface area contributed by atoms with E-state index in [0.29, 0.717) is 5.69 Å². The first-order valence-electron chi connectivity index (χ1n) is 11.3. The predicted molar refractivity (Wildman–Crippen MR) is 126 cm³/mol. The molecule has 2 N–H and O–H groups in total. The van der Waals surface area contributed by atoms with Crippen LogP contribution in [0.4, 0.5) is 5.69 Å². The zero-order valence-corrected chi connectivity index (χ0v) is 18.6. The summed E-state index contributed by atoms with van der Waals surface area (Å²) < 4.78 is 0. The van der Waals surface area contributed by atoms with Gasteiger partial charge in [0.25, 0.3) is 0 Å². The molecular weight excluding hydrogens is 416 g/mol. The smallest absolute Gasteiger partial charge is 0.324 e. The van der Waals surface area contributed by atoms with Crippen LogP contribution >= 0.6 is 0 Å². The predicted octanol–water partition coefficient (Wildman–Crippen LogP) is 4.16. The molecule has 0 aromatic heterocycles. The minimum Gasteiger partial charge on any atom is -0.480 e. The van der Waals surface area contributed by atoms with Crippen molar-refractivity contribution in [3.63, 3.8) is 0 Å². The second kappa shape index (κ2) is 7.81. The lowest BCUT2D eigenvalue weighted by atomic mass is 9.75. The maximum absolute atomic E-state index is 13.7. The van der Waals surface area contributed by atoms with Crippen molar-refractivity contribution in [2.75, 3.05) is 4.90 Å². The van der Waals surface area contributed by atoms with E-state index >= 15 is 0 Å². The van der Waals surface area contributed by atoms with Crippen molar-refractivity contribution in [3.05, 3.63) is 78.4 Å². The van der Waals surface area contributed by atoms with Crippen molar-refractivity contribution in [2.45, 2.75) is 31.8 Å². The summed E-state index contributed by atoms with van der Waals surface area (Å²) in [6.45, 7) is 3.86. The summed E-state index contributed by atoms with van der Waals surface area (Å²) in [5.41, 5.74) is -0.236. The molecule has 6 nitrogen and oxygen atoms in total. The zero-order valence-electron chi connectivity index (χ0n) is 18.6. The molecule has 2 aliphatic heterocycles. The number of benzene rings is 3. The van der Waals surface area contributed by atoms with Gasteiger partial charge in [0.2, 0.25) is 11.8 Å². The molecule has 4 unspecified atom stereocenters. The first kappa shape index (κ1) is 21.3. The molecule has 6 heteroatoms. The Morgan fingerprint density at radius 2 is 1.64 bits per heavy atom. The number of carboxylic acid groups (broad SMARTS) is 1. The number of fused-ring (bicyclic) bond motifs is 2. The Kier molecular flexibility index (Phi) is 5.05. The second-order valence-corrected chi connectivity index (χ2v) is 9.45. The molecule has 2 saturated heterocycles. The van der Waals surface area contributed by atoms with Crippen molar-refractivity contribution in [1.82, 2.24) is 5.32 Å². The van der Waals surface area contributed by atoms with Gasteiger partial charge in [-0.2, -0.15) is 0 Å². The monoisotopic (exact) mass is 442 g/mol. The standard InChI is InChI=1S/C27H26N2O4/c1-16(2)15-27(26(32)33)22-21(24(30)29(25(22)31)20-10-4-3-5-11-20)23(28-27)19-13-12-17-8-6-7-9-18(17)14-19/h3-14,16,21-23,28H,15H2,1-2H3,(H,32,33). The molecular formula is C27H26N2O4. The number of carbonyl (C=O) groups excluding carboxylic acids is 2. The van der Waals surface area contributed by atoms with Crippen molar-refractivity contribution in [1.29, 1.82) is 0 Å². The number of carbonyl (C=O) groups is 3. The molecule has 0 spiro atoms. The maximum atomic E-state index is 13.7. The van der Waals surface area contributed by atoms with E-state index < -0.39 is 35.3 Å². The summed E-state index contributed by atoms with van der Waals surface area (Å²) in [6, 6.07) is 22.0. The topological polar surface area (TPSA) is 86.7 Å². The lowest BCUT2D eigenvalue weighted by molar-refractivity contribution is -0.149. The van der Waals surface area contributed by atoms with Gasteiger partial charge in [-0.15, -0.1) is 0 Å². The van der Waals surface area contributed by atoms with E-state index in [9.17, 15) is 19.5 Å². The highest BCUT2D eigenvalue weighted by Crippen LogP contribution is 2.51. The van der Waals surface area contributed by atoms with Crippen molar-refractivity contribution < 1.29 is 19.5 Å². The number of nitrogens with zero attached hydrogens (tertiary/aromatic N) is 1. The molecule has 168 valence electrons. The highest BCUT2D eigenvalue weighted by Gasteiger charge is 2.68. The minimum atomic E-state index is -1.52. The first-order chi connectivity index (χ1) is 15.8. The molecule has 3 aromatic rings. The maximum Gasteiger partial charge on any atom is 0.324 e. The zero-order chi connectivity index (χ0) is 23.3. The van der Waals surface area contributed by atoms with E-state index in [4.69, 9.17) is 0 Å². The quantitative estimate of drug-likeness (QED) is 0.580. The Morgan fingerprint density at radius 1 is 0.970 bits per heavy atom. The molecule has 33 heavy (non-hydrogen) atoms. The summed E-state index contributed by atoms with van der Waals surface area (Å²) in [5, 5.41) is 15.8. The van der Waals surface area contributed by atoms with Crippen LogP contribution in [0.3, 0.4) is 0 Å². The number of imide groups is 1. The second-order valence-electron chi connectivity index (χ2n) is 9.45.